The number of aliphatic hydroxyl groups is 2. The number of benzene rings is 2. The Labute approximate surface area is 384 Å². The third kappa shape index (κ3) is 12.0. The lowest BCUT2D eigenvalue weighted by Gasteiger charge is -2.38. The van der Waals surface area contributed by atoms with Gasteiger partial charge in [0.2, 0.25) is 0 Å². The number of carbonyl (C=O) groups is 3. The van der Waals surface area contributed by atoms with Gasteiger partial charge in [0.15, 0.2) is 5.75 Å². The Bertz CT molecular complexity index is 2120. The maximum Gasteiger partial charge on any atom is 0.312 e. The van der Waals surface area contributed by atoms with Gasteiger partial charge in [0.1, 0.15) is 23.4 Å². The third-order valence-corrected chi connectivity index (χ3v) is 12.9. The number of hydrogen-bond acceptors (Lipinski definition) is 14. The summed E-state index contributed by atoms with van der Waals surface area (Å²) in [5.41, 5.74) is -0.286. The van der Waals surface area contributed by atoms with Crippen LogP contribution >= 0.6 is 0 Å². The summed E-state index contributed by atoms with van der Waals surface area (Å²) in [6.07, 6.45) is 13.0. The molecule has 3 aliphatic heterocycles. The first-order valence-corrected chi connectivity index (χ1v) is 23.1. The van der Waals surface area contributed by atoms with Crippen LogP contribution in [0.4, 0.5) is 5.69 Å². The van der Waals surface area contributed by atoms with Crippen molar-refractivity contribution in [3.05, 3.63) is 52.8 Å². The number of esters is 1. The normalized spacial score (nSPS) is 27.6. The highest BCUT2D eigenvalue weighted by molar-refractivity contribution is 6.23. The predicted molar refractivity (Wildman–Crippen MR) is 251 cm³/mol. The molecule has 0 aromatic heterocycles. The van der Waals surface area contributed by atoms with Gasteiger partial charge in [-0.1, -0.05) is 98.3 Å². The minimum Gasteiger partial charge on any atom is -0.507 e. The fourth-order valence-electron chi connectivity index (χ4n) is 8.68. The van der Waals surface area contributed by atoms with E-state index >= 15 is 0 Å². The summed E-state index contributed by atoms with van der Waals surface area (Å²) in [5.74, 6) is -8.29. The van der Waals surface area contributed by atoms with Crippen molar-refractivity contribution in [3.63, 3.8) is 0 Å². The van der Waals surface area contributed by atoms with Crippen molar-refractivity contribution in [1.82, 2.24) is 5.01 Å². The Hall–Kier alpha value is -5.12. The van der Waals surface area contributed by atoms with Gasteiger partial charge in [-0.25, -0.2) is 0 Å². The molecule has 1 amide bonds. The molecule has 3 aliphatic rings. The average Bonchev–Trinajstić information content (AvgIpc) is 3.54. The van der Waals surface area contributed by atoms with Crippen LogP contribution in [-0.4, -0.2) is 105 Å². The minimum atomic E-state index is -2.05. The van der Waals surface area contributed by atoms with E-state index in [0.717, 1.165) is 51.4 Å². The van der Waals surface area contributed by atoms with Gasteiger partial charge in [0.05, 0.1) is 53.0 Å². The van der Waals surface area contributed by atoms with Crippen molar-refractivity contribution in [1.29, 1.82) is 0 Å². The lowest BCUT2D eigenvalue weighted by molar-refractivity contribution is -0.160. The van der Waals surface area contributed by atoms with E-state index in [4.69, 9.17) is 24.0 Å². The smallest absolute Gasteiger partial charge is 0.312 e. The molecule has 6 N–H and O–H groups in total. The second-order valence-corrected chi connectivity index (χ2v) is 17.9. The molecule has 9 atom stereocenters. The van der Waals surface area contributed by atoms with E-state index in [9.17, 15) is 39.9 Å². The number of nitrogens with zero attached hydrogens (tertiary/aromatic N) is 2. The molecule has 0 saturated heterocycles. The number of unbranched alkanes of at least 4 members (excludes halogenated alkanes) is 6. The molecule has 0 saturated carbocycles. The maximum atomic E-state index is 14.6. The van der Waals surface area contributed by atoms with Crippen molar-refractivity contribution in [2.75, 3.05) is 25.5 Å². The number of nitrogens with one attached hydrogen (secondary N) is 1. The first kappa shape index (κ1) is 52.5. The number of allylic oxidation sites excluding steroid dienone is 2. The Kier molecular flexibility index (Phi) is 18.9. The van der Waals surface area contributed by atoms with E-state index in [0.29, 0.717) is 13.1 Å². The molecule has 65 heavy (non-hydrogen) atoms. The molecule has 0 radical (unpaired) electrons. The van der Waals surface area contributed by atoms with E-state index in [1.807, 2.05) is 5.01 Å². The zero-order valence-corrected chi connectivity index (χ0v) is 40.1. The highest BCUT2D eigenvalue weighted by Gasteiger charge is 2.50. The molecular weight excluding hydrogens is 835 g/mol. The molecule has 5 rings (SSSR count). The predicted octanol–water partition coefficient (Wildman–Crippen LogP) is 8.55. The van der Waals surface area contributed by atoms with Gasteiger partial charge < -0.3 is 49.8 Å². The number of rotatable bonds is 14. The number of Topliss-reactive ketones (excluding diaryl/α,β-unsaturated/α-hetero) is 1. The van der Waals surface area contributed by atoms with Gasteiger partial charge in [-0.3, -0.25) is 19.4 Å². The number of aromatic hydroxyl groups is 3. The van der Waals surface area contributed by atoms with Crippen LogP contribution in [0, 0.1) is 30.6 Å². The molecule has 0 fully saturated rings. The van der Waals surface area contributed by atoms with Crippen LogP contribution in [0.25, 0.3) is 10.8 Å². The number of anilines is 1. The SMILES string of the molecule is CCCCCCN(CCCCCC)/N=C/c1c2c(O)c3c(O)c(C)c4c(c3c1O)C(=O)C(C)(O/C=C/C(OC)C(C)C(OC(C)=O)C(C)C(O)C(C)C(O)C(C)/C=C/C=C(C)C(=O)N2)O4. The fraction of sp³-hybridized carbons (Fsp3) is 0.600. The van der Waals surface area contributed by atoms with Crippen molar-refractivity contribution >= 4 is 40.3 Å². The number of carbonyl (C=O) groups excluding carboxylic acids is 3. The zero-order chi connectivity index (χ0) is 48.3. The Balaban J connectivity index is 1.97. The van der Waals surface area contributed by atoms with Crippen LogP contribution in [0.15, 0.2) is 41.2 Å². The number of aliphatic hydroxyl groups excluding tert-OH is 2. The zero-order valence-electron chi connectivity index (χ0n) is 40.1. The summed E-state index contributed by atoms with van der Waals surface area (Å²) in [7, 11) is 1.45. The van der Waals surface area contributed by atoms with E-state index in [-0.39, 0.29) is 44.5 Å². The second kappa shape index (κ2) is 23.4. The van der Waals surface area contributed by atoms with Crippen molar-refractivity contribution < 1.29 is 58.9 Å². The number of ether oxygens (including phenoxy) is 4. The summed E-state index contributed by atoms with van der Waals surface area (Å²) < 4.78 is 23.8. The number of fused-ring (bicyclic) bond motifs is 14. The van der Waals surface area contributed by atoms with E-state index in [1.54, 1.807) is 46.8 Å². The van der Waals surface area contributed by atoms with Crippen LogP contribution in [-0.2, 0) is 23.8 Å². The summed E-state index contributed by atoms with van der Waals surface area (Å²) in [6, 6.07) is 0. The number of ketones is 1. The van der Waals surface area contributed by atoms with Gasteiger partial charge in [0, 0.05) is 74.2 Å². The lowest BCUT2D eigenvalue weighted by Crippen LogP contribution is -2.46. The van der Waals surface area contributed by atoms with Crippen LogP contribution in [0.1, 0.15) is 135 Å². The van der Waals surface area contributed by atoms with Crippen LogP contribution in [0.2, 0.25) is 0 Å². The largest absolute Gasteiger partial charge is 0.507 e. The molecule has 2 aromatic carbocycles. The molecule has 9 unspecified atom stereocenters. The average molecular weight is 908 g/mol. The topological polar surface area (TPSA) is 217 Å². The van der Waals surface area contributed by atoms with Crippen LogP contribution in [0.3, 0.4) is 0 Å². The van der Waals surface area contributed by atoms with E-state index in [1.165, 1.54) is 52.5 Å². The second-order valence-electron chi connectivity index (χ2n) is 17.9. The van der Waals surface area contributed by atoms with Gasteiger partial charge >= 0.3 is 11.8 Å². The van der Waals surface area contributed by atoms with Gasteiger partial charge in [0.25, 0.3) is 11.7 Å². The first-order chi connectivity index (χ1) is 30.8. The summed E-state index contributed by atoms with van der Waals surface area (Å²) in [5, 5.41) is 68.0. The Morgan fingerprint density at radius 3 is 2.09 bits per heavy atom. The molecule has 360 valence electrons. The summed E-state index contributed by atoms with van der Waals surface area (Å²) in [4.78, 5) is 40.9. The fourth-order valence-corrected chi connectivity index (χ4v) is 8.68. The summed E-state index contributed by atoms with van der Waals surface area (Å²) in [6.45, 7) is 18.1. The van der Waals surface area contributed by atoms with Gasteiger partial charge in [-0.05, 0) is 32.8 Å². The Morgan fingerprint density at radius 1 is 0.877 bits per heavy atom. The molecule has 15 nitrogen and oxygen atoms in total. The molecule has 0 spiro atoms. The summed E-state index contributed by atoms with van der Waals surface area (Å²) >= 11 is 0. The van der Waals surface area contributed by atoms with Crippen molar-refractivity contribution in [2.45, 2.75) is 151 Å². The third-order valence-electron chi connectivity index (χ3n) is 12.9. The minimum absolute atomic E-state index is 0.0633. The number of amides is 1. The standard InChI is InChI=1S/C50H73N3O12/c1-12-14-16-18-24-53(25-19-17-15-13-2)51-27-35-40-45(59)38-37(44(35)58)39-47(33(8)43(38)57)65-50(10,48(39)60)63-26-23-36(62-11)30(5)46(64-34(9)54)32(7)42(56)31(6)41(55)28(3)21-20-22-29(4)49(61)52-40/h20-23,26-28,30-32,36,41-42,46,55-59H,12-19,24-25H2,1-11H3,(H,52,61)/b21-20+,26-23+,29-22?,51-27+. The maximum absolute atomic E-state index is 14.6. The number of hydrazone groups is 1. The van der Waals surface area contributed by atoms with Crippen molar-refractivity contribution in [3.8, 4) is 23.0 Å². The monoisotopic (exact) mass is 908 g/mol. The quantitative estimate of drug-likeness (QED) is 0.0262. The van der Waals surface area contributed by atoms with Gasteiger partial charge in [-0.2, -0.15) is 5.10 Å². The number of hydrogen-bond donors (Lipinski definition) is 6. The van der Waals surface area contributed by atoms with Crippen LogP contribution in [0.5, 0.6) is 23.0 Å². The molecule has 15 heteroatoms. The number of methoxy groups -OCH3 is 1. The Morgan fingerprint density at radius 2 is 1.51 bits per heavy atom. The molecular formula is C50H73N3O12. The lowest BCUT2D eigenvalue weighted by atomic mass is 9.78. The molecule has 0 aliphatic carbocycles. The van der Waals surface area contributed by atoms with Crippen molar-refractivity contribution in [2.24, 2.45) is 28.8 Å². The highest BCUT2D eigenvalue weighted by Crippen LogP contribution is 2.55. The van der Waals surface area contributed by atoms with Gasteiger partial charge in [-0.15, -0.1) is 0 Å². The van der Waals surface area contributed by atoms with Crippen LogP contribution < -0.4 is 10.1 Å². The molecule has 2 aromatic rings. The van der Waals surface area contributed by atoms with E-state index in [2.05, 4.69) is 19.2 Å². The molecule has 5 bridgehead atoms. The van der Waals surface area contributed by atoms with E-state index < -0.39 is 88.8 Å². The number of phenolic OH excluding ortho intramolecular Hbond substituents is 3. The first-order valence-electron chi connectivity index (χ1n) is 23.1. The number of phenols is 3. The highest BCUT2D eigenvalue weighted by atomic mass is 16.7. The molecule has 3 heterocycles.